The van der Waals surface area contributed by atoms with Gasteiger partial charge in [-0.05, 0) is 48.6 Å². The zero-order valence-electron chi connectivity index (χ0n) is 15.7. The topological polar surface area (TPSA) is 68.7 Å². The Hall–Kier alpha value is -3.19. The van der Waals surface area contributed by atoms with Gasteiger partial charge in [-0.1, -0.05) is 24.3 Å². The summed E-state index contributed by atoms with van der Waals surface area (Å²) in [7, 11) is 0. The predicted octanol–water partition coefficient (Wildman–Crippen LogP) is 4.46. The van der Waals surface area contributed by atoms with E-state index in [1.165, 1.54) is 6.20 Å². The van der Waals surface area contributed by atoms with E-state index in [-0.39, 0.29) is 30.0 Å². The van der Waals surface area contributed by atoms with Gasteiger partial charge in [-0.3, -0.25) is 4.79 Å². The van der Waals surface area contributed by atoms with E-state index < -0.39 is 5.97 Å². The Labute approximate surface area is 172 Å². The van der Waals surface area contributed by atoms with Crippen molar-refractivity contribution < 1.29 is 19.1 Å². The van der Waals surface area contributed by atoms with Crippen LogP contribution in [0.2, 0.25) is 0 Å². The Bertz CT molecular complexity index is 975. The average Bonchev–Trinajstić information content (AvgIpc) is 3.44. The average molecular weight is 408 g/mol. The first-order chi connectivity index (χ1) is 14.2. The van der Waals surface area contributed by atoms with Crippen LogP contribution in [0.4, 0.5) is 0 Å². The summed E-state index contributed by atoms with van der Waals surface area (Å²) < 4.78 is 11.0. The molecular weight excluding hydrogens is 388 g/mol. The number of nitrogens with zero attached hydrogens (tertiary/aromatic N) is 2. The highest BCUT2D eigenvalue weighted by Crippen LogP contribution is 2.34. The first-order valence-corrected chi connectivity index (χ1v) is 10.3. The van der Waals surface area contributed by atoms with Crippen molar-refractivity contribution in [3.63, 3.8) is 0 Å². The summed E-state index contributed by atoms with van der Waals surface area (Å²) in [5.41, 5.74) is 0.181. The summed E-state index contributed by atoms with van der Waals surface area (Å²) >= 11 is 1.64. The molecular formula is C22H20N2O4S. The number of benzene rings is 1. The lowest BCUT2D eigenvalue weighted by molar-refractivity contribution is -0.135. The smallest absolute Gasteiger partial charge is 0.344 e. The standard InChI is InChI=1S/C22H20N2O4S/c25-20(24-13-5-10-18(24)19-11-6-14-29-19)15-27-22(26)17-9-4-12-23-21(17)28-16-7-2-1-3-8-16/h1-4,6-9,11-12,14,18H,5,10,13,15H2. The molecule has 4 rings (SSSR count). The van der Waals surface area contributed by atoms with Crippen molar-refractivity contribution in [3.05, 3.63) is 76.6 Å². The molecule has 1 atom stereocenters. The Morgan fingerprint density at radius 2 is 1.97 bits per heavy atom. The third-order valence-corrected chi connectivity index (χ3v) is 5.69. The van der Waals surface area contributed by atoms with Gasteiger partial charge in [0.2, 0.25) is 5.88 Å². The number of likely N-dealkylation sites (tertiary alicyclic amines) is 1. The maximum absolute atomic E-state index is 12.7. The second kappa shape index (κ2) is 8.87. The lowest BCUT2D eigenvalue weighted by Crippen LogP contribution is -2.34. The number of esters is 1. The first-order valence-electron chi connectivity index (χ1n) is 9.40. The molecule has 1 amide bonds. The summed E-state index contributed by atoms with van der Waals surface area (Å²) in [5, 5.41) is 2.01. The van der Waals surface area contributed by atoms with E-state index in [9.17, 15) is 9.59 Å². The van der Waals surface area contributed by atoms with Gasteiger partial charge in [-0.15, -0.1) is 11.3 Å². The van der Waals surface area contributed by atoms with Crippen molar-refractivity contribution >= 4 is 23.2 Å². The van der Waals surface area contributed by atoms with Crippen LogP contribution in [0.3, 0.4) is 0 Å². The van der Waals surface area contributed by atoms with Gasteiger partial charge in [0, 0.05) is 17.6 Å². The minimum Gasteiger partial charge on any atom is -0.452 e. The number of hydrogen-bond donors (Lipinski definition) is 0. The fraction of sp³-hybridized carbons (Fsp3) is 0.227. The van der Waals surface area contributed by atoms with Crippen LogP contribution in [0, 0.1) is 0 Å². The maximum atomic E-state index is 12.7. The molecule has 0 N–H and O–H groups in total. The van der Waals surface area contributed by atoms with Crippen LogP contribution >= 0.6 is 11.3 Å². The van der Waals surface area contributed by atoms with Gasteiger partial charge in [0.1, 0.15) is 11.3 Å². The van der Waals surface area contributed by atoms with E-state index in [4.69, 9.17) is 9.47 Å². The van der Waals surface area contributed by atoms with Crippen molar-refractivity contribution in [2.24, 2.45) is 0 Å². The van der Waals surface area contributed by atoms with Crippen LogP contribution < -0.4 is 4.74 Å². The molecule has 1 aliphatic rings. The molecule has 1 fully saturated rings. The lowest BCUT2D eigenvalue weighted by Gasteiger charge is -2.23. The third-order valence-electron chi connectivity index (χ3n) is 4.72. The minimum absolute atomic E-state index is 0.0663. The highest BCUT2D eigenvalue weighted by atomic mass is 32.1. The zero-order chi connectivity index (χ0) is 20.1. The first kappa shape index (κ1) is 19.1. The Balaban J connectivity index is 1.40. The lowest BCUT2D eigenvalue weighted by atomic mass is 10.2. The molecule has 1 aliphatic heterocycles. The monoisotopic (exact) mass is 408 g/mol. The van der Waals surface area contributed by atoms with Crippen LogP contribution in [0.15, 0.2) is 66.2 Å². The van der Waals surface area contributed by atoms with Crippen LogP contribution in [-0.2, 0) is 9.53 Å². The largest absolute Gasteiger partial charge is 0.452 e. The molecule has 0 radical (unpaired) electrons. The normalized spacial score (nSPS) is 15.9. The quantitative estimate of drug-likeness (QED) is 0.564. The van der Waals surface area contributed by atoms with Gasteiger partial charge in [0.25, 0.3) is 5.91 Å². The molecule has 0 bridgehead atoms. The number of carbonyl (C=O) groups is 2. The number of thiophene rings is 1. The summed E-state index contributed by atoms with van der Waals surface area (Å²) in [5.74, 6) is -0.117. The van der Waals surface area contributed by atoms with Gasteiger partial charge >= 0.3 is 5.97 Å². The van der Waals surface area contributed by atoms with Gasteiger partial charge in [-0.2, -0.15) is 0 Å². The molecule has 148 valence electrons. The van der Waals surface area contributed by atoms with Gasteiger partial charge < -0.3 is 14.4 Å². The Morgan fingerprint density at radius 3 is 2.76 bits per heavy atom. The molecule has 1 aromatic carbocycles. The highest BCUT2D eigenvalue weighted by molar-refractivity contribution is 7.10. The molecule has 7 heteroatoms. The molecule has 3 heterocycles. The van der Waals surface area contributed by atoms with Crippen molar-refractivity contribution in [1.29, 1.82) is 0 Å². The number of aromatic nitrogens is 1. The van der Waals surface area contributed by atoms with Crippen LogP contribution in [-0.4, -0.2) is 34.9 Å². The van der Waals surface area contributed by atoms with E-state index in [1.54, 1.807) is 40.5 Å². The zero-order valence-corrected chi connectivity index (χ0v) is 16.5. The molecule has 0 spiro atoms. The minimum atomic E-state index is -0.635. The fourth-order valence-electron chi connectivity index (χ4n) is 3.36. The summed E-state index contributed by atoms with van der Waals surface area (Å²) in [6.07, 6.45) is 3.41. The van der Waals surface area contributed by atoms with E-state index in [1.807, 2.05) is 35.7 Å². The van der Waals surface area contributed by atoms with Gasteiger partial charge in [0.05, 0.1) is 6.04 Å². The Morgan fingerprint density at radius 1 is 1.10 bits per heavy atom. The number of amides is 1. The molecule has 6 nitrogen and oxygen atoms in total. The molecule has 0 saturated carbocycles. The predicted molar refractivity (Wildman–Crippen MR) is 109 cm³/mol. The van der Waals surface area contributed by atoms with E-state index in [0.29, 0.717) is 12.3 Å². The van der Waals surface area contributed by atoms with Crippen molar-refractivity contribution in [2.45, 2.75) is 18.9 Å². The fourth-order valence-corrected chi connectivity index (χ4v) is 4.23. The second-order valence-electron chi connectivity index (χ2n) is 6.61. The number of pyridine rings is 1. The molecule has 0 aliphatic carbocycles. The van der Waals surface area contributed by atoms with Crippen LogP contribution in [0.1, 0.15) is 34.1 Å². The molecule has 29 heavy (non-hydrogen) atoms. The van der Waals surface area contributed by atoms with Gasteiger partial charge in [-0.25, -0.2) is 9.78 Å². The molecule has 1 unspecified atom stereocenters. The molecule has 3 aromatic rings. The summed E-state index contributed by atoms with van der Waals surface area (Å²) in [4.78, 5) is 32.3. The SMILES string of the molecule is O=C(OCC(=O)N1CCCC1c1cccs1)c1cccnc1Oc1ccccc1. The maximum Gasteiger partial charge on any atom is 0.344 e. The van der Waals surface area contributed by atoms with Crippen LogP contribution in [0.25, 0.3) is 0 Å². The number of ether oxygens (including phenoxy) is 2. The molecule has 2 aromatic heterocycles. The summed E-state index contributed by atoms with van der Waals surface area (Å²) in [6.45, 7) is 0.370. The number of para-hydroxylation sites is 1. The number of carbonyl (C=O) groups excluding carboxylic acids is 2. The Kier molecular flexibility index (Phi) is 5.86. The van der Waals surface area contributed by atoms with Crippen molar-refractivity contribution in [2.75, 3.05) is 13.2 Å². The second-order valence-corrected chi connectivity index (χ2v) is 7.59. The van der Waals surface area contributed by atoms with E-state index >= 15 is 0 Å². The highest BCUT2D eigenvalue weighted by Gasteiger charge is 2.31. The molecule has 1 saturated heterocycles. The number of hydrogen-bond acceptors (Lipinski definition) is 6. The van der Waals surface area contributed by atoms with E-state index in [0.717, 1.165) is 17.7 Å². The van der Waals surface area contributed by atoms with Gasteiger partial charge in [0.15, 0.2) is 6.61 Å². The summed E-state index contributed by atoms with van der Waals surface area (Å²) in [6, 6.07) is 16.4. The number of rotatable bonds is 6. The third kappa shape index (κ3) is 4.46. The van der Waals surface area contributed by atoms with Crippen molar-refractivity contribution in [1.82, 2.24) is 9.88 Å². The van der Waals surface area contributed by atoms with Crippen LogP contribution in [0.5, 0.6) is 11.6 Å². The van der Waals surface area contributed by atoms with E-state index in [2.05, 4.69) is 4.98 Å². The van der Waals surface area contributed by atoms with Crippen molar-refractivity contribution in [3.8, 4) is 11.6 Å².